The number of aryl methyl sites for hydroxylation is 1. The van der Waals surface area contributed by atoms with Crippen molar-refractivity contribution in [3.8, 4) is 0 Å². The maximum absolute atomic E-state index is 2.45. The highest BCUT2D eigenvalue weighted by atomic mass is 31.8. The van der Waals surface area contributed by atoms with Crippen LogP contribution < -0.4 is 25.9 Å². The lowest BCUT2D eigenvalue weighted by Crippen LogP contribution is -2.53. The van der Waals surface area contributed by atoms with Crippen LogP contribution in [0.3, 0.4) is 0 Å². The molecule has 0 fully saturated rings. The first-order valence-electron chi connectivity index (χ1n) is 12.7. The minimum atomic E-state index is -1.48. The molecule has 4 heteroatoms. The van der Waals surface area contributed by atoms with E-state index in [1.807, 2.05) is 0 Å². The summed E-state index contributed by atoms with van der Waals surface area (Å²) >= 11 is 0. The second-order valence-corrected chi connectivity index (χ2v) is 32.3. The molecule has 0 heterocycles. The van der Waals surface area contributed by atoms with Crippen molar-refractivity contribution in [2.24, 2.45) is 0 Å². The molecule has 0 saturated heterocycles. The van der Waals surface area contributed by atoms with Gasteiger partial charge < -0.3 is 0 Å². The molecule has 0 nitrogen and oxygen atoms in total. The first-order chi connectivity index (χ1) is 17.7. The fraction of sp³-hybridized carbons (Fsp3) is 0.0625. The van der Waals surface area contributed by atoms with Crippen LogP contribution in [0.1, 0.15) is 11.1 Å². The van der Waals surface area contributed by atoms with Gasteiger partial charge in [-0.15, -0.1) is 6.57 Å². The van der Waals surface area contributed by atoms with Crippen molar-refractivity contribution in [2.75, 3.05) is 0 Å². The highest BCUT2D eigenvalue weighted by molar-refractivity contribution is 8.32. The fourth-order valence-corrected chi connectivity index (χ4v) is 45.8. The largest absolute Gasteiger partial charge is 0.129 e. The van der Waals surface area contributed by atoms with Gasteiger partial charge in [-0.2, -0.15) is 0 Å². The predicted octanol–water partition coefficient (Wildman–Crippen LogP) is 3.57. The van der Waals surface area contributed by atoms with Gasteiger partial charge in [0.05, 0.1) is 9.19 Å². The Morgan fingerprint density at radius 3 is 1.17 bits per heavy atom. The highest BCUT2D eigenvalue weighted by Gasteiger charge is 2.36. The SMILES string of the molecule is Cc1cccc([SiH2]P([SiH](c2ccccc2)c2ccccc2)[SiH](c2ccccc2)c2ccccc2)c1C. The minimum Gasteiger partial charge on any atom is -0.129 e. The van der Waals surface area contributed by atoms with Gasteiger partial charge in [0.25, 0.3) is 0 Å². The van der Waals surface area contributed by atoms with Gasteiger partial charge in [0.15, 0.2) is 0 Å². The van der Waals surface area contributed by atoms with E-state index in [1.54, 1.807) is 25.9 Å². The number of hydrogen-bond donors (Lipinski definition) is 0. The van der Waals surface area contributed by atoms with Crippen LogP contribution in [0.25, 0.3) is 0 Å². The van der Waals surface area contributed by atoms with Crippen molar-refractivity contribution in [1.82, 2.24) is 0 Å². The Morgan fingerprint density at radius 1 is 0.444 bits per heavy atom. The summed E-state index contributed by atoms with van der Waals surface area (Å²) in [4.78, 5) is 0. The van der Waals surface area contributed by atoms with Crippen LogP contribution in [0.2, 0.25) is 0 Å². The monoisotopic (exact) mass is 532 g/mol. The lowest BCUT2D eigenvalue weighted by molar-refractivity contribution is 1.37. The molecule has 0 radical (unpaired) electrons. The average molecular weight is 533 g/mol. The number of rotatable bonds is 8. The molecule has 0 N–H and O–H groups in total. The third-order valence-electron chi connectivity index (χ3n) is 7.19. The Morgan fingerprint density at radius 2 is 0.806 bits per heavy atom. The first-order valence-corrected chi connectivity index (χ1v) is 22.4. The number of benzene rings is 5. The molecule has 0 aliphatic carbocycles. The second-order valence-electron chi connectivity index (χ2n) is 9.48. The van der Waals surface area contributed by atoms with Gasteiger partial charge in [0.2, 0.25) is 0 Å². The summed E-state index contributed by atoms with van der Waals surface area (Å²) in [5.41, 5.74) is 2.96. The summed E-state index contributed by atoms with van der Waals surface area (Å²) in [6, 6.07) is 53.2. The van der Waals surface area contributed by atoms with Crippen LogP contribution in [0, 0.1) is 13.8 Å². The Labute approximate surface area is 222 Å². The fourth-order valence-electron chi connectivity index (χ4n) is 5.20. The Kier molecular flexibility index (Phi) is 8.25. The second kappa shape index (κ2) is 11.9. The van der Waals surface area contributed by atoms with Gasteiger partial charge in [-0.3, -0.25) is 0 Å². The molecule has 0 unspecified atom stereocenters. The third kappa shape index (κ3) is 5.61. The predicted molar refractivity (Wildman–Crippen MR) is 170 cm³/mol. The Bertz CT molecular complexity index is 1210. The number of hydrogen-bond acceptors (Lipinski definition) is 0. The van der Waals surface area contributed by atoms with E-state index in [-0.39, 0.29) is 6.57 Å². The van der Waals surface area contributed by atoms with Crippen LogP contribution >= 0.6 is 6.57 Å². The van der Waals surface area contributed by atoms with Crippen molar-refractivity contribution in [2.45, 2.75) is 13.8 Å². The van der Waals surface area contributed by atoms with E-state index in [2.05, 4.69) is 153 Å². The molecule has 0 bridgehead atoms. The normalized spacial score (nSPS) is 11.7. The lowest BCUT2D eigenvalue weighted by atomic mass is 10.1. The Balaban J connectivity index is 1.75. The van der Waals surface area contributed by atoms with Crippen molar-refractivity contribution >= 4 is 58.6 Å². The van der Waals surface area contributed by atoms with Crippen LogP contribution in [0.15, 0.2) is 140 Å². The molecule has 5 aromatic rings. The highest BCUT2D eigenvalue weighted by Crippen LogP contribution is 2.39. The minimum absolute atomic E-state index is 0.181. The third-order valence-corrected chi connectivity index (χ3v) is 39.0. The molecule has 178 valence electrons. The molecular formula is C32H33PSi3. The van der Waals surface area contributed by atoms with Gasteiger partial charge in [-0.05, 0) is 25.0 Å². The molecule has 0 atom stereocenters. The molecule has 0 saturated carbocycles. The summed E-state index contributed by atoms with van der Waals surface area (Å²) in [7, 11) is -3.49. The summed E-state index contributed by atoms with van der Waals surface area (Å²) < 4.78 is 0. The summed E-state index contributed by atoms with van der Waals surface area (Å²) in [6.45, 7) is 4.45. The topological polar surface area (TPSA) is 0 Å². The van der Waals surface area contributed by atoms with Crippen molar-refractivity contribution < 1.29 is 0 Å². The molecule has 0 aromatic heterocycles. The van der Waals surface area contributed by atoms with Crippen molar-refractivity contribution in [3.63, 3.8) is 0 Å². The van der Waals surface area contributed by atoms with Gasteiger partial charge in [-0.1, -0.05) is 165 Å². The summed E-state index contributed by atoms with van der Waals surface area (Å²) in [6.07, 6.45) is 0. The smallest absolute Gasteiger partial charge is 0.121 e. The zero-order valence-electron chi connectivity index (χ0n) is 21.1. The zero-order chi connectivity index (χ0) is 24.7. The van der Waals surface area contributed by atoms with Gasteiger partial charge in [-0.25, -0.2) is 0 Å². The Hall–Kier alpha value is -2.82. The molecule has 0 spiro atoms. The van der Waals surface area contributed by atoms with E-state index >= 15 is 0 Å². The van der Waals surface area contributed by atoms with E-state index in [9.17, 15) is 0 Å². The van der Waals surface area contributed by atoms with E-state index in [4.69, 9.17) is 0 Å². The van der Waals surface area contributed by atoms with Crippen LogP contribution in [0.4, 0.5) is 0 Å². The maximum Gasteiger partial charge on any atom is 0.121 e. The van der Waals surface area contributed by atoms with E-state index in [0.717, 1.165) is 0 Å². The van der Waals surface area contributed by atoms with Gasteiger partial charge >= 0.3 is 0 Å². The molecule has 36 heavy (non-hydrogen) atoms. The molecule has 0 aliphatic rings. The molecular weight excluding hydrogens is 500 g/mol. The van der Waals surface area contributed by atoms with Gasteiger partial charge in [0.1, 0.15) is 16.9 Å². The molecule has 5 rings (SSSR count). The maximum atomic E-state index is 2.45. The first kappa shape index (κ1) is 24.9. The van der Waals surface area contributed by atoms with E-state index in [0.29, 0.717) is 0 Å². The molecule has 0 amide bonds. The summed E-state index contributed by atoms with van der Waals surface area (Å²) in [5.74, 6) is 0. The van der Waals surface area contributed by atoms with E-state index in [1.165, 1.54) is 11.1 Å². The van der Waals surface area contributed by atoms with Crippen LogP contribution in [0.5, 0.6) is 0 Å². The standard InChI is InChI=1S/C32H33PSi3/c1-26-16-15-25-32(27(26)2)34-33(35(28-17-7-3-8-18-28)29-19-9-4-10-20-29)36(30-21-11-5-12-22-30)31-23-13-6-14-24-31/h3-25,35-36H,34H2,1-2H3. The quantitative estimate of drug-likeness (QED) is 0.212. The van der Waals surface area contributed by atoms with Crippen molar-refractivity contribution in [1.29, 1.82) is 0 Å². The lowest BCUT2D eigenvalue weighted by Gasteiger charge is -2.35. The average Bonchev–Trinajstić information content (AvgIpc) is 2.94. The van der Waals surface area contributed by atoms with Gasteiger partial charge in [0, 0.05) is 0 Å². The van der Waals surface area contributed by atoms with Crippen LogP contribution in [-0.2, 0) is 0 Å². The van der Waals surface area contributed by atoms with E-state index < -0.39 is 26.1 Å². The molecule has 5 aromatic carbocycles. The van der Waals surface area contributed by atoms with Crippen LogP contribution in [-0.4, -0.2) is 26.1 Å². The molecule has 0 aliphatic heterocycles. The zero-order valence-corrected chi connectivity index (χ0v) is 25.7. The van der Waals surface area contributed by atoms with Crippen molar-refractivity contribution in [3.05, 3.63) is 151 Å². The summed E-state index contributed by atoms with van der Waals surface area (Å²) in [5, 5.41) is 8.11.